The van der Waals surface area contributed by atoms with Crippen LogP contribution in [0.4, 0.5) is 0 Å². The molecule has 3 atom stereocenters. The molecule has 0 amide bonds. The van der Waals surface area contributed by atoms with Crippen LogP contribution in [0.1, 0.15) is 36.8 Å². The van der Waals surface area contributed by atoms with Gasteiger partial charge in [0, 0.05) is 13.7 Å². The lowest BCUT2D eigenvalue weighted by Gasteiger charge is -2.32. The zero-order valence-electron chi connectivity index (χ0n) is 16.7. The highest BCUT2D eigenvalue weighted by molar-refractivity contribution is 5.68. The zero-order valence-corrected chi connectivity index (χ0v) is 16.7. The first-order valence-electron chi connectivity index (χ1n) is 9.58. The van der Waals surface area contributed by atoms with E-state index < -0.39 is 5.97 Å². The topological polar surface area (TPSA) is 113 Å². The third-order valence-electron chi connectivity index (χ3n) is 5.45. The number of benzene rings is 1. The Hall–Kier alpha value is -2.12. The van der Waals surface area contributed by atoms with Crippen molar-refractivity contribution in [3.63, 3.8) is 0 Å². The molecule has 0 spiro atoms. The fourth-order valence-corrected chi connectivity index (χ4v) is 4.36. The predicted molar refractivity (Wildman–Crippen MR) is 104 cm³/mol. The van der Waals surface area contributed by atoms with Crippen molar-refractivity contribution >= 4 is 12.4 Å². The van der Waals surface area contributed by atoms with Gasteiger partial charge in [-0.3, -0.25) is 4.79 Å². The van der Waals surface area contributed by atoms with Crippen LogP contribution in [0.15, 0.2) is 18.2 Å². The average Bonchev–Trinajstić information content (AvgIpc) is 3.12. The van der Waals surface area contributed by atoms with Crippen molar-refractivity contribution in [1.29, 1.82) is 0 Å². The number of ether oxygens (including phenoxy) is 2. The molecule has 1 aromatic carbocycles. The van der Waals surface area contributed by atoms with E-state index in [4.69, 9.17) is 24.9 Å². The van der Waals surface area contributed by atoms with E-state index in [1.807, 2.05) is 12.1 Å². The molecule has 158 valence electrons. The van der Waals surface area contributed by atoms with Crippen molar-refractivity contribution in [2.24, 2.45) is 17.8 Å². The maximum absolute atomic E-state index is 10.7. The van der Waals surface area contributed by atoms with Gasteiger partial charge in [0.25, 0.3) is 6.47 Å². The van der Waals surface area contributed by atoms with Crippen LogP contribution >= 0.6 is 0 Å². The number of methoxy groups -OCH3 is 1. The summed E-state index contributed by atoms with van der Waals surface area (Å²) in [5, 5.41) is 24.9. The SMILES string of the molecule is CO.COC=O.O=C(O)COc1cccc2c1CC1CCC(CCCO)C1C2. The molecule has 0 saturated heterocycles. The number of aliphatic hydroxyl groups excluding tert-OH is 2. The van der Waals surface area contributed by atoms with E-state index in [1.54, 1.807) is 0 Å². The Balaban J connectivity index is 0.000000583. The fourth-order valence-electron chi connectivity index (χ4n) is 4.36. The molecule has 0 aromatic heterocycles. The first-order chi connectivity index (χ1) is 13.6. The van der Waals surface area contributed by atoms with Crippen molar-refractivity contribution in [3.8, 4) is 5.75 Å². The smallest absolute Gasteiger partial charge is 0.341 e. The molecule has 1 saturated carbocycles. The highest BCUT2D eigenvalue weighted by Gasteiger charge is 2.39. The van der Waals surface area contributed by atoms with Crippen LogP contribution < -0.4 is 4.74 Å². The second-order valence-electron chi connectivity index (χ2n) is 6.94. The predicted octanol–water partition coefficient (Wildman–Crippen LogP) is 2.06. The third kappa shape index (κ3) is 6.80. The van der Waals surface area contributed by atoms with Crippen LogP contribution in [0.2, 0.25) is 0 Å². The normalized spacial score (nSPS) is 21.6. The number of fused-ring (bicyclic) bond motifs is 2. The number of rotatable bonds is 7. The van der Waals surface area contributed by atoms with Crippen molar-refractivity contribution in [1.82, 2.24) is 0 Å². The van der Waals surface area contributed by atoms with E-state index in [1.165, 1.54) is 31.1 Å². The Kier molecular flexibility index (Phi) is 11.2. The standard InChI is InChI=1S/C18H24O4.C2H4O2.CH4O/c19-8-2-4-12-6-7-14-10-16-13(9-15(12)14)3-1-5-17(16)22-11-18(20)21;1-4-2-3;1-2/h1,3,5,12,14-15,19H,2,4,6-11H2,(H,20,21);2H,1H3;2H,1H3. The minimum atomic E-state index is -0.934. The number of aliphatic hydroxyl groups is 2. The van der Waals surface area contributed by atoms with Gasteiger partial charge in [-0.15, -0.1) is 0 Å². The lowest BCUT2D eigenvalue weighted by molar-refractivity contribution is -0.139. The Morgan fingerprint density at radius 1 is 1.25 bits per heavy atom. The molecule has 0 bridgehead atoms. The van der Waals surface area contributed by atoms with E-state index in [2.05, 4.69) is 10.8 Å². The van der Waals surface area contributed by atoms with Crippen LogP contribution in [0.5, 0.6) is 5.75 Å². The van der Waals surface area contributed by atoms with Crippen molar-refractivity contribution < 1.29 is 34.4 Å². The molecule has 1 aromatic rings. The Labute approximate surface area is 166 Å². The summed E-state index contributed by atoms with van der Waals surface area (Å²) in [6.45, 7) is 0.390. The summed E-state index contributed by atoms with van der Waals surface area (Å²) in [5.74, 6) is 1.95. The number of carbonyl (C=O) groups is 2. The minimum Gasteiger partial charge on any atom is -0.482 e. The summed E-state index contributed by atoms with van der Waals surface area (Å²) in [6, 6.07) is 6.01. The zero-order chi connectivity index (χ0) is 20.9. The van der Waals surface area contributed by atoms with Gasteiger partial charge in [-0.05, 0) is 73.5 Å². The lowest BCUT2D eigenvalue weighted by Crippen LogP contribution is -2.26. The number of hydrogen-bond donors (Lipinski definition) is 3. The highest BCUT2D eigenvalue weighted by Crippen LogP contribution is 2.48. The van der Waals surface area contributed by atoms with E-state index in [9.17, 15) is 4.79 Å². The maximum atomic E-state index is 10.7. The summed E-state index contributed by atoms with van der Waals surface area (Å²) < 4.78 is 9.33. The monoisotopic (exact) mass is 396 g/mol. The van der Waals surface area contributed by atoms with Gasteiger partial charge in [-0.1, -0.05) is 12.1 Å². The van der Waals surface area contributed by atoms with E-state index in [0.29, 0.717) is 18.3 Å². The summed E-state index contributed by atoms with van der Waals surface area (Å²) in [6.07, 6.45) is 6.61. The summed E-state index contributed by atoms with van der Waals surface area (Å²) in [5.41, 5.74) is 2.54. The van der Waals surface area contributed by atoms with Crippen molar-refractivity contribution in [3.05, 3.63) is 29.3 Å². The number of carboxylic acid groups (broad SMARTS) is 1. The summed E-state index contributed by atoms with van der Waals surface area (Å²) in [7, 11) is 2.31. The minimum absolute atomic E-state index is 0.274. The number of carbonyl (C=O) groups excluding carboxylic acids is 1. The molecule has 1 fully saturated rings. The first-order valence-corrected chi connectivity index (χ1v) is 9.58. The van der Waals surface area contributed by atoms with Crippen molar-refractivity contribution in [2.45, 2.75) is 38.5 Å². The van der Waals surface area contributed by atoms with Gasteiger partial charge in [0.15, 0.2) is 6.61 Å². The molecular weight excluding hydrogens is 364 g/mol. The van der Waals surface area contributed by atoms with Gasteiger partial charge in [-0.25, -0.2) is 4.79 Å². The molecule has 2 aliphatic rings. The average molecular weight is 396 g/mol. The quantitative estimate of drug-likeness (QED) is 0.605. The molecule has 0 aliphatic heterocycles. The van der Waals surface area contributed by atoms with Crippen LogP contribution in [-0.4, -0.2) is 55.2 Å². The largest absolute Gasteiger partial charge is 0.482 e. The van der Waals surface area contributed by atoms with Gasteiger partial charge in [-0.2, -0.15) is 0 Å². The summed E-state index contributed by atoms with van der Waals surface area (Å²) in [4.78, 5) is 19.7. The van der Waals surface area contributed by atoms with Gasteiger partial charge in [0.2, 0.25) is 0 Å². The molecule has 3 N–H and O–H groups in total. The second-order valence-corrected chi connectivity index (χ2v) is 6.94. The van der Waals surface area contributed by atoms with Crippen molar-refractivity contribution in [2.75, 3.05) is 27.4 Å². The molecule has 7 heteroatoms. The van der Waals surface area contributed by atoms with Gasteiger partial charge < -0.3 is 24.8 Å². The third-order valence-corrected chi connectivity index (χ3v) is 5.45. The number of hydrogen-bond acceptors (Lipinski definition) is 6. The molecule has 3 unspecified atom stereocenters. The van der Waals surface area contributed by atoms with E-state index in [-0.39, 0.29) is 13.2 Å². The van der Waals surface area contributed by atoms with Crippen LogP contribution in [0.25, 0.3) is 0 Å². The van der Waals surface area contributed by atoms with Gasteiger partial charge in [0.05, 0.1) is 7.11 Å². The second kappa shape index (κ2) is 13.1. The van der Waals surface area contributed by atoms with Crippen LogP contribution in [0.3, 0.4) is 0 Å². The molecule has 2 aliphatic carbocycles. The molecule has 0 radical (unpaired) electrons. The molecule has 0 heterocycles. The Morgan fingerprint density at radius 3 is 2.57 bits per heavy atom. The fraction of sp³-hybridized carbons (Fsp3) is 0.619. The molecule has 7 nitrogen and oxygen atoms in total. The maximum Gasteiger partial charge on any atom is 0.341 e. The van der Waals surface area contributed by atoms with Crippen LogP contribution in [0, 0.1) is 17.8 Å². The highest BCUT2D eigenvalue weighted by atomic mass is 16.5. The lowest BCUT2D eigenvalue weighted by atomic mass is 9.74. The molecular formula is C21H32O7. The molecule has 28 heavy (non-hydrogen) atoms. The summed E-state index contributed by atoms with van der Waals surface area (Å²) >= 11 is 0. The van der Waals surface area contributed by atoms with Crippen LogP contribution in [-0.2, 0) is 27.2 Å². The van der Waals surface area contributed by atoms with E-state index in [0.717, 1.165) is 44.5 Å². The Morgan fingerprint density at radius 2 is 1.96 bits per heavy atom. The number of carboxylic acids is 1. The van der Waals surface area contributed by atoms with Gasteiger partial charge >= 0.3 is 5.97 Å². The Bertz CT molecular complexity index is 602. The molecule has 3 rings (SSSR count). The number of aliphatic carboxylic acids is 1. The van der Waals surface area contributed by atoms with Gasteiger partial charge in [0.1, 0.15) is 5.75 Å². The first kappa shape index (κ1) is 23.9. The van der Waals surface area contributed by atoms with E-state index >= 15 is 0 Å².